The second kappa shape index (κ2) is 7.53. The standard InChI is InChI=1S/C15H19NO6/c1-5-6-10(16(19)20)7-8-11-9(2)12(17)14(21-3)15(22-4)13(11)18/h7H,5-6,8H2,1-4H3/b10-7+. The van der Waals surface area contributed by atoms with Gasteiger partial charge in [0.1, 0.15) is 0 Å². The zero-order chi connectivity index (χ0) is 16.9. The lowest BCUT2D eigenvalue weighted by atomic mass is 9.90. The van der Waals surface area contributed by atoms with Gasteiger partial charge in [0, 0.05) is 24.0 Å². The molecule has 0 heterocycles. The third-order valence-corrected chi connectivity index (χ3v) is 3.38. The van der Waals surface area contributed by atoms with E-state index in [2.05, 4.69) is 0 Å². The van der Waals surface area contributed by atoms with E-state index < -0.39 is 16.5 Å². The molecule has 22 heavy (non-hydrogen) atoms. The minimum atomic E-state index is -0.480. The smallest absolute Gasteiger partial charge is 0.242 e. The molecule has 0 saturated heterocycles. The van der Waals surface area contributed by atoms with Gasteiger partial charge in [0.05, 0.1) is 19.1 Å². The monoisotopic (exact) mass is 309 g/mol. The molecule has 120 valence electrons. The van der Waals surface area contributed by atoms with Crippen LogP contribution in [0.2, 0.25) is 0 Å². The Labute approximate surface area is 128 Å². The summed E-state index contributed by atoms with van der Waals surface area (Å²) in [6, 6.07) is 0. The number of methoxy groups -OCH3 is 2. The fourth-order valence-electron chi connectivity index (χ4n) is 2.18. The molecule has 1 aliphatic rings. The maximum absolute atomic E-state index is 12.4. The molecule has 0 N–H and O–H groups in total. The predicted molar refractivity (Wildman–Crippen MR) is 78.4 cm³/mol. The van der Waals surface area contributed by atoms with E-state index in [9.17, 15) is 19.7 Å². The van der Waals surface area contributed by atoms with Crippen molar-refractivity contribution in [2.75, 3.05) is 14.2 Å². The van der Waals surface area contributed by atoms with Crippen molar-refractivity contribution >= 4 is 11.6 Å². The molecular formula is C15H19NO6. The summed E-state index contributed by atoms with van der Waals surface area (Å²) in [7, 11) is 2.55. The average Bonchev–Trinajstić information content (AvgIpc) is 2.49. The second-order valence-corrected chi connectivity index (χ2v) is 4.73. The number of ketones is 2. The average molecular weight is 309 g/mol. The third-order valence-electron chi connectivity index (χ3n) is 3.38. The first-order chi connectivity index (χ1) is 10.4. The van der Waals surface area contributed by atoms with Crippen molar-refractivity contribution in [2.45, 2.75) is 33.1 Å². The Kier molecular flexibility index (Phi) is 6.03. The van der Waals surface area contributed by atoms with Crippen LogP contribution in [0, 0.1) is 10.1 Å². The summed E-state index contributed by atoms with van der Waals surface area (Å²) in [4.78, 5) is 35.0. The number of nitrogens with zero attached hydrogens (tertiary/aromatic N) is 1. The molecule has 1 aliphatic carbocycles. The Morgan fingerprint density at radius 2 is 1.73 bits per heavy atom. The van der Waals surface area contributed by atoms with Crippen molar-refractivity contribution < 1.29 is 24.0 Å². The van der Waals surface area contributed by atoms with Crippen LogP contribution in [-0.2, 0) is 19.1 Å². The van der Waals surface area contributed by atoms with Gasteiger partial charge >= 0.3 is 0 Å². The lowest BCUT2D eigenvalue weighted by Gasteiger charge is -2.19. The first-order valence-corrected chi connectivity index (χ1v) is 6.83. The predicted octanol–water partition coefficient (Wildman–Crippen LogP) is 2.31. The molecule has 0 aromatic carbocycles. The first-order valence-electron chi connectivity index (χ1n) is 6.83. The van der Waals surface area contributed by atoms with Crippen LogP contribution >= 0.6 is 0 Å². The molecule has 0 bridgehead atoms. The maximum Gasteiger partial charge on any atom is 0.242 e. The van der Waals surface area contributed by atoms with Crippen molar-refractivity contribution in [3.05, 3.63) is 44.6 Å². The van der Waals surface area contributed by atoms with Crippen LogP contribution in [0.1, 0.15) is 33.1 Å². The highest BCUT2D eigenvalue weighted by Gasteiger charge is 2.34. The van der Waals surface area contributed by atoms with E-state index in [1.54, 1.807) is 0 Å². The van der Waals surface area contributed by atoms with Crippen LogP contribution in [0.15, 0.2) is 34.4 Å². The molecule has 0 unspecified atom stereocenters. The van der Waals surface area contributed by atoms with Gasteiger partial charge < -0.3 is 9.47 Å². The zero-order valence-electron chi connectivity index (χ0n) is 13.1. The summed E-state index contributed by atoms with van der Waals surface area (Å²) in [6.07, 6.45) is 2.31. The number of hydrogen-bond donors (Lipinski definition) is 0. The van der Waals surface area contributed by atoms with Crippen molar-refractivity contribution in [1.29, 1.82) is 0 Å². The minimum Gasteiger partial charge on any atom is -0.489 e. The van der Waals surface area contributed by atoms with Crippen molar-refractivity contribution in [2.24, 2.45) is 0 Å². The Bertz CT molecular complexity index is 597. The van der Waals surface area contributed by atoms with Crippen molar-refractivity contribution in [3.63, 3.8) is 0 Å². The first kappa shape index (κ1) is 17.6. The van der Waals surface area contributed by atoms with E-state index in [-0.39, 0.29) is 34.8 Å². The van der Waals surface area contributed by atoms with E-state index in [4.69, 9.17) is 9.47 Å². The lowest BCUT2D eigenvalue weighted by Crippen LogP contribution is -2.24. The molecule has 0 amide bonds. The van der Waals surface area contributed by atoms with E-state index in [1.807, 2.05) is 6.92 Å². The normalized spacial score (nSPS) is 16.3. The lowest BCUT2D eigenvalue weighted by molar-refractivity contribution is -0.428. The Morgan fingerprint density at radius 1 is 1.18 bits per heavy atom. The molecular weight excluding hydrogens is 290 g/mol. The number of allylic oxidation sites excluding steroid dienone is 4. The highest BCUT2D eigenvalue weighted by molar-refractivity contribution is 6.23. The van der Waals surface area contributed by atoms with Gasteiger partial charge in [-0.1, -0.05) is 6.92 Å². The van der Waals surface area contributed by atoms with Crippen LogP contribution in [0.3, 0.4) is 0 Å². The van der Waals surface area contributed by atoms with Crippen LogP contribution in [-0.4, -0.2) is 30.7 Å². The molecule has 7 nitrogen and oxygen atoms in total. The topological polar surface area (TPSA) is 95.7 Å². The molecule has 0 aromatic heterocycles. The van der Waals surface area contributed by atoms with Gasteiger partial charge in [0.15, 0.2) is 0 Å². The van der Waals surface area contributed by atoms with Crippen LogP contribution in [0.5, 0.6) is 0 Å². The third kappa shape index (κ3) is 3.41. The highest BCUT2D eigenvalue weighted by Crippen LogP contribution is 2.28. The van der Waals surface area contributed by atoms with Gasteiger partial charge in [-0.05, 0) is 19.4 Å². The Balaban J connectivity index is 3.17. The molecule has 0 fully saturated rings. The largest absolute Gasteiger partial charge is 0.489 e. The van der Waals surface area contributed by atoms with E-state index in [0.717, 1.165) is 0 Å². The van der Waals surface area contributed by atoms with Crippen molar-refractivity contribution in [1.82, 2.24) is 0 Å². The number of rotatable bonds is 7. The van der Waals surface area contributed by atoms with Gasteiger partial charge in [-0.3, -0.25) is 19.7 Å². The van der Waals surface area contributed by atoms with E-state index in [1.165, 1.54) is 27.2 Å². The van der Waals surface area contributed by atoms with Gasteiger partial charge in [-0.2, -0.15) is 0 Å². The molecule has 0 atom stereocenters. The van der Waals surface area contributed by atoms with Gasteiger partial charge in [0.25, 0.3) is 0 Å². The van der Waals surface area contributed by atoms with Gasteiger partial charge in [0.2, 0.25) is 28.8 Å². The maximum atomic E-state index is 12.4. The van der Waals surface area contributed by atoms with E-state index >= 15 is 0 Å². The molecule has 1 rings (SSSR count). The molecule has 7 heteroatoms. The number of carbonyl (C=O) groups excluding carboxylic acids is 2. The number of ether oxygens (including phenoxy) is 2. The van der Waals surface area contributed by atoms with Crippen molar-refractivity contribution in [3.8, 4) is 0 Å². The molecule has 0 spiro atoms. The fourth-order valence-corrected chi connectivity index (χ4v) is 2.18. The zero-order valence-corrected chi connectivity index (χ0v) is 13.1. The molecule has 0 saturated carbocycles. The molecule has 0 radical (unpaired) electrons. The number of nitro groups is 1. The van der Waals surface area contributed by atoms with Crippen LogP contribution in [0.25, 0.3) is 0 Å². The van der Waals surface area contributed by atoms with E-state index in [0.29, 0.717) is 12.8 Å². The Morgan fingerprint density at radius 3 is 2.18 bits per heavy atom. The summed E-state index contributed by atoms with van der Waals surface area (Å²) < 4.78 is 9.88. The summed E-state index contributed by atoms with van der Waals surface area (Å²) in [5, 5.41) is 10.9. The van der Waals surface area contributed by atoms with Crippen LogP contribution < -0.4 is 0 Å². The van der Waals surface area contributed by atoms with Gasteiger partial charge in [-0.15, -0.1) is 0 Å². The fraction of sp³-hybridized carbons (Fsp3) is 0.467. The number of Topliss-reactive ketones (excluding diaryl/α,β-unsaturated/α-hetero) is 2. The summed E-state index contributed by atoms with van der Waals surface area (Å²) in [6.45, 7) is 3.33. The SMILES string of the molecule is CCC/C(=C\CC1=C(C)C(=O)C(OC)=C(OC)C1=O)[N+](=O)[O-]. The number of carbonyl (C=O) groups is 2. The minimum absolute atomic E-state index is 0.0105. The highest BCUT2D eigenvalue weighted by atomic mass is 16.6. The Hall–Kier alpha value is -2.44. The quantitative estimate of drug-likeness (QED) is 0.407. The summed E-state index contributed by atoms with van der Waals surface area (Å²) >= 11 is 0. The van der Waals surface area contributed by atoms with Gasteiger partial charge in [-0.25, -0.2) is 0 Å². The van der Waals surface area contributed by atoms with Crippen LogP contribution in [0.4, 0.5) is 0 Å². The molecule has 0 aliphatic heterocycles. The molecule has 0 aromatic rings. The summed E-state index contributed by atoms with van der Waals surface area (Å²) in [5.74, 6) is -1.23. The second-order valence-electron chi connectivity index (χ2n) is 4.73. The summed E-state index contributed by atoms with van der Waals surface area (Å²) in [5.41, 5.74) is 0.444. The number of hydrogen-bond acceptors (Lipinski definition) is 6.